The first-order valence-electron chi connectivity index (χ1n) is 6.00. The van der Waals surface area contributed by atoms with Gasteiger partial charge in [0, 0.05) is 19.2 Å². The summed E-state index contributed by atoms with van der Waals surface area (Å²) in [5.41, 5.74) is 0. The van der Waals surface area contributed by atoms with Crippen LogP contribution in [0.15, 0.2) is 22.9 Å². The first kappa shape index (κ1) is 12.0. The lowest BCUT2D eigenvalue weighted by Gasteiger charge is -2.22. The van der Waals surface area contributed by atoms with Gasteiger partial charge in [-0.3, -0.25) is 0 Å². The van der Waals surface area contributed by atoms with Gasteiger partial charge in [-0.2, -0.15) is 4.98 Å². The molecule has 2 aromatic heterocycles. The highest BCUT2D eigenvalue weighted by molar-refractivity contribution is 5.43. The van der Waals surface area contributed by atoms with Gasteiger partial charge in [0.15, 0.2) is 17.5 Å². The number of β-amino-alcohol motifs (C(OH)–C–C–N with tert-alkyl or cyclic N) is 1. The molecular weight excluding hydrogens is 251 g/mol. The van der Waals surface area contributed by atoms with Gasteiger partial charge < -0.3 is 14.5 Å². The van der Waals surface area contributed by atoms with Crippen LogP contribution in [-0.4, -0.2) is 32.9 Å². The zero-order valence-electron chi connectivity index (χ0n) is 10.3. The van der Waals surface area contributed by atoms with Crippen LogP contribution in [0.3, 0.4) is 0 Å². The number of anilines is 1. The SMILES string of the molecule is Cc1noc([C@H]2C[C@H](O)CN2c2ncccc2F)n1. The van der Waals surface area contributed by atoms with Gasteiger partial charge in [0.2, 0.25) is 5.89 Å². The number of pyridine rings is 1. The molecule has 3 rings (SSSR count). The minimum Gasteiger partial charge on any atom is -0.391 e. The maximum absolute atomic E-state index is 13.8. The summed E-state index contributed by atoms with van der Waals surface area (Å²) in [4.78, 5) is 9.84. The first-order valence-corrected chi connectivity index (χ1v) is 6.00. The summed E-state index contributed by atoms with van der Waals surface area (Å²) in [5, 5.41) is 13.5. The summed E-state index contributed by atoms with van der Waals surface area (Å²) in [6, 6.07) is 2.51. The second-order valence-corrected chi connectivity index (χ2v) is 4.55. The highest BCUT2D eigenvalue weighted by atomic mass is 19.1. The number of aliphatic hydroxyl groups is 1. The topological polar surface area (TPSA) is 75.3 Å². The number of aliphatic hydroxyl groups excluding tert-OH is 1. The summed E-state index contributed by atoms with van der Waals surface area (Å²) >= 11 is 0. The fourth-order valence-electron chi connectivity index (χ4n) is 2.32. The van der Waals surface area contributed by atoms with Crippen LogP contribution in [0.2, 0.25) is 0 Å². The lowest BCUT2D eigenvalue weighted by Crippen LogP contribution is -2.26. The molecule has 0 saturated carbocycles. The van der Waals surface area contributed by atoms with Crippen LogP contribution in [0.1, 0.15) is 24.2 Å². The van der Waals surface area contributed by atoms with Crippen molar-refractivity contribution in [1.82, 2.24) is 15.1 Å². The van der Waals surface area contributed by atoms with Crippen molar-refractivity contribution >= 4 is 5.82 Å². The number of rotatable bonds is 2. The number of hydrogen-bond acceptors (Lipinski definition) is 6. The van der Waals surface area contributed by atoms with E-state index in [1.807, 2.05) is 0 Å². The van der Waals surface area contributed by atoms with E-state index in [-0.39, 0.29) is 11.9 Å². The standard InChI is InChI=1S/C12H13FN4O2/c1-7-15-12(19-16-7)10-5-8(18)6-17(10)11-9(13)3-2-4-14-11/h2-4,8,10,18H,5-6H2,1H3/t8-,10+/m0/s1. The van der Waals surface area contributed by atoms with Crippen LogP contribution in [0.5, 0.6) is 0 Å². The normalized spacial score (nSPS) is 23.0. The maximum Gasteiger partial charge on any atom is 0.249 e. The van der Waals surface area contributed by atoms with E-state index >= 15 is 0 Å². The molecule has 100 valence electrons. The number of aryl methyl sites for hydroxylation is 1. The van der Waals surface area contributed by atoms with E-state index < -0.39 is 11.9 Å². The predicted molar refractivity (Wildman–Crippen MR) is 63.9 cm³/mol. The van der Waals surface area contributed by atoms with Crippen molar-refractivity contribution in [3.05, 3.63) is 35.9 Å². The molecule has 0 unspecified atom stereocenters. The molecule has 19 heavy (non-hydrogen) atoms. The van der Waals surface area contributed by atoms with E-state index in [2.05, 4.69) is 15.1 Å². The van der Waals surface area contributed by atoms with Crippen LogP contribution in [0.4, 0.5) is 10.2 Å². The minimum absolute atomic E-state index is 0.194. The Morgan fingerprint density at radius 1 is 1.53 bits per heavy atom. The van der Waals surface area contributed by atoms with E-state index in [1.165, 1.54) is 18.3 Å². The quantitative estimate of drug-likeness (QED) is 0.879. The van der Waals surface area contributed by atoms with Crippen molar-refractivity contribution in [1.29, 1.82) is 0 Å². The molecule has 1 N–H and O–H groups in total. The summed E-state index contributed by atoms with van der Waals surface area (Å²) in [6.45, 7) is 2.00. The zero-order chi connectivity index (χ0) is 13.4. The van der Waals surface area contributed by atoms with Crippen LogP contribution >= 0.6 is 0 Å². The summed E-state index contributed by atoms with van der Waals surface area (Å²) in [5.74, 6) is 0.648. The van der Waals surface area contributed by atoms with E-state index in [4.69, 9.17) is 4.52 Å². The van der Waals surface area contributed by atoms with Gasteiger partial charge in [-0.05, 0) is 19.1 Å². The Labute approximate surface area is 108 Å². The monoisotopic (exact) mass is 264 g/mol. The lowest BCUT2D eigenvalue weighted by molar-refractivity contribution is 0.191. The molecule has 1 fully saturated rings. The summed E-state index contributed by atoms with van der Waals surface area (Å²) < 4.78 is 18.9. The molecule has 0 aliphatic carbocycles. The summed E-state index contributed by atoms with van der Waals surface area (Å²) in [7, 11) is 0. The first-order chi connectivity index (χ1) is 9.15. The Morgan fingerprint density at radius 2 is 2.37 bits per heavy atom. The van der Waals surface area contributed by atoms with Crippen LogP contribution in [-0.2, 0) is 0 Å². The second kappa shape index (κ2) is 4.58. The highest BCUT2D eigenvalue weighted by Crippen LogP contribution is 2.35. The van der Waals surface area contributed by atoms with Crippen molar-refractivity contribution in [2.24, 2.45) is 0 Å². The van der Waals surface area contributed by atoms with Gasteiger partial charge in [-0.25, -0.2) is 9.37 Å². The van der Waals surface area contributed by atoms with Gasteiger partial charge >= 0.3 is 0 Å². The Kier molecular flexibility index (Phi) is 2.90. The predicted octanol–water partition coefficient (Wildman–Crippen LogP) is 1.22. The van der Waals surface area contributed by atoms with Crippen molar-refractivity contribution in [2.75, 3.05) is 11.4 Å². The molecule has 1 saturated heterocycles. The third kappa shape index (κ3) is 2.17. The van der Waals surface area contributed by atoms with Crippen LogP contribution in [0, 0.1) is 12.7 Å². The second-order valence-electron chi connectivity index (χ2n) is 4.55. The van der Waals surface area contributed by atoms with E-state index in [0.717, 1.165) is 0 Å². The number of nitrogens with zero attached hydrogens (tertiary/aromatic N) is 4. The Hall–Kier alpha value is -2.02. The molecule has 0 amide bonds. The molecular formula is C12H13FN4O2. The largest absolute Gasteiger partial charge is 0.391 e. The molecule has 6 nitrogen and oxygen atoms in total. The maximum atomic E-state index is 13.8. The highest BCUT2D eigenvalue weighted by Gasteiger charge is 2.37. The molecule has 0 spiro atoms. The molecule has 7 heteroatoms. The van der Waals surface area contributed by atoms with Gasteiger partial charge in [-0.15, -0.1) is 0 Å². The molecule has 1 aliphatic rings. The van der Waals surface area contributed by atoms with Crippen molar-refractivity contribution in [2.45, 2.75) is 25.5 Å². The molecule has 2 atom stereocenters. The van der Waals surface area contributed by atoms with Crippen LogP contribution < -0.4 is 4.90 Å². The van der Waals surface area contributed by atoms with Crippen molar-refractivity contribution in [3.63, 3.8) is 0 Å². The van der Waals surface area contributed by atoms with Crippen molar-refractivity contribution in [3.8, 4) is 0 Å². The van der Waals surface area contributed by atoms with Crippen molar-refractivity contribution < 1.29 is 14.0 Å². The molecule has 2 aromatic rings. The fraction of sp³-hybridized carbons (Fsp3) is 0.417. The Morgan fingerprint density at radius 3 is 3.05 bits per heavy atom. The molecule has 3 heterocycles. The number of halogens is 1. The number of hydrogen-bond donors (Lipinski definition) is 1. The average Bonchev–Trinajstić information content (AvgIpc) is 2.96. The zero-order valence-corrected chi connectivity index (χ0v) is 10.3. The third-order valence-corrected chi connectivity index (χ3v) is 3.12. The van der Waals surface area contributed by atoms with E-state index in [9.17, 15) is 9.50 Å². The lowest BCUT2D eigenvalue weighted by atomic mass is 10.2. The Bertz CT molecular complexity index is 589. The van der Waals surface area contributed by atoms with Gasteiger partial charge in [0.1, 0.15) is 6.04 Å². The molecule has 0 radical (unpaired) electrons. The van der Waals surface area contributed by atoms with Gasteiger partial charge in [0.05, 0.1) is 6.10 Å². The van der Waals surface area contributed by atoms with E-state index in [1.54, 1.807) is 11.8 Å². The molecule has 0 aromatic carbocycles. The van der Waals surface area contributed by atoms with E-state index in [0.29, 0.717) is 24.7 Å². The fourth-order valence-corrected chi connectivity index (χ4v) is 2.32. The third-order valence-electron chi connectivity index (χ3n) is 3.12. The smallest absolute Gasteiger partial charge is 0.249 e. The molecule has 1 aliphatic heterocycles. The number of aromatic nitrogens is 3. The van der Waals surface area contributed by atoms with Gasteiger partial charge in [0.25, 0.3) is 0 Å². The average molecular weight is 264 g/mol. The summed E-state index contributed by atoms with van der Waals surface area (Å²) in [6.07, 6.45) is 1.36. The Balaban J connectivity index is 1.97. The van der Waals surface area contributed by atoms with Crippen LogP contribution in [0.25, 0.3) is 0 Å². The van der Waals surface area contributed by atoms with Gasteiger partial charge in [-0.1, -0.05) is 5.16 Å². The minimum atomic E-state index is -0.571. The molecule has 0 bridgehead atoms.